The first kappa shape index (κ1) is 16.3. The molecule has 0 spiro atoms. The van der Waals surface area contributed by atoms with Crippen LogP contribution in [0.3, 0.4) is 0 Å². The molecule has 2 aromatic carbocycles. The topological polar surface area (TPSA) is 59.0 Å². The van der Waals surface area contributed by atoms with Gasteiger partial charge in [-0.3, -0.25) is 14.5 Å². The molecule has 2 amide bonds. The maximum Gasteiger partial charge on any atom is 0.238 e. The molecule has 140 valence electrons. The first-order valence-electron chi connectivity index (χ1n) is 9.57. The molecule has 2 aromatic rings. The van der Waals surface area contributed by atoms with Crippen molar-refractivity contribution in [3.8, 4) is 0 Å². The summed E-state index contributed by atoms with van der Waals surface area (Å²) in [7, 11) is 0. The van der Waals surface area contributed by atoms with Crippen molar-refractivity contribution in [2.75, 3.05) is 4.90 Å². The van der Waals surface area contributed by atoms with Gasteiger partial charge in [0.2, 0.25) is 11.8 Å². The smallest absolute Gasteiger partial charge is 0.238 e. The van der Waals surface area contributed by atoms with E-state index in [-0.39, 0.29) is 47.5 Å². The van der Waals surface area contributed by atoms with Crippen LogP contribution >= 0.6 is 11.6 Å². The SMILES string of the molecule is O=C1[C@@H]2[C@H]3C[C@@H]([C@@H]4C(c5ccc(Cl)cc5)=NO[C@H]34)[C@@H]2C(=O)N1c1ccccc1. The van der Waals surface area contributed by atoms with E-state index in [1.165, 1.54) is 4.90 Å². The van der Waals surface area contributed by atoms with E-state index in [2.05, 4.69) is 5.16 Å². The van der Waals surface area contributed by atoms with Crippen molar-refractivity contribution >= 4 is 34.8 Å². The second-order valence-corrected chi connectivity index (χ2v) is 8.48. The summed E-state index contributed by atoms with van der Waals surface area (Å²) in [5.74, 6) is -0.553. The molecule has 2 bridgehead atoms. The van der Waals surface area contributed by atoms with Crippen LogP contribution in [0.4, 0.5) is 5.69 Å². The maximum absolute atomic E-state index is 13.3. The highest BCUT2D eigenvalue weighted by molar-refractivity contribution is 6.30. The minimum Gasteiger partial charge on any atom is -0.391 e. The number of hydrogen-bond donors (Lipinski definition) is 0. The van der Waals surface area contributed by atoms with Gasteiger partial charge in [-0.1, -0.05) is 47.1 Å². The molecule has 1 saturated heterocycles. The number of oxime groups is 1. The number of carbonyl (C=O) groups is 2. The molecule has 6 heteroatoms. The number of fused-ring (bicyclic) bond motifs is 8. The van der Waals surface area contributed by atoms with Crippen molar-refractivity contribution in [1.29, 1.82) is 0 Å². The summed E-state index contributed by atoms with van der Waals surface area (Å²) in [6.45, 7) is 0. The quantitative estimate of drug-likeness (QED) is 0.735. The molecule has 2 aliphatic heterocycles. The van der Waals surface area contributed by atoms with E-state index < -0.39 is 0 Å². The highest BCUT2D eigenvalue weighted by atomic mass is 35.5. The molecule has 0 radical (unpaired) electrons. The Kier molecular flexibility index (Phi) is 3.30. The molecule has 2 aliphatic carbocycles. The molecule has 3 fully saturated rings. The number of amides is 2. The summed E-state index contributed by atoms with van der Waals surface area (Å²) in [6.07, 6.45) is 0.724. The van der Waals surface area contributed by atoms with E-state index in [1.54, 1.807) is 0 Å². The fourth-order valence-electron chi connectivity index (χ4n) is 5.82. The van der Waals surface area contributed by atoms with Crippen LogP contribution in [0.5, 0.6) is 0 Å². The minimum atomic E-state index is -0.293. The molecular formula is C22H17ClN2O3. The van der Waals surface area contributed by atoms with E-state index in [9.17, 15) is 9.59 Å². The second-order valence-electron chi connectivity index (χ2n) is 8.04. The average Bonchev–Trinajstić information content (AvgIpc) is 3.44. The molecule has 6 atom stereocenters. The highest BCUT2D eigenvalue weighted by Crippen LogP contribution is 2.62. The zero-order chi connectivity index (χ0) is 19.0. The van der Waals surface area contributed by atoms with Gasteiger partial charge in [-0.05, 0) is 42.2 Å². The number of imide groups is 1. The minimum absolute atomic E-state index is 0.0405. The van der Waals surface area contributed by atoms with Gasteiger partial charge >= 0.3 is 0 Å². The lowest BCUT2D eigenvalue weighted by atomic mass is 9.71. The van der Waals surface area contributed by atoms with Crippen LogP contribution in [0.2, 0.25) is 5.02 Å². The molecule has 4 aliphatic rings. The number of hydrogen-bond acceptors (Lipinski definition) is 4. The number of benzene rings is 2. The van der Waals surface area contributed by atoms with Crippen molar-refractivity contribution in [2.45, 2.75) is 12.5 Å². The van der Waals surface area contributed by atoms with Crippen LogP contribution in [-0.4, -0.2) is 23.6 Å². The van der Waals surface area contributed by atoms with Gasteiger partial charge in [-0.15, -0.1) is 0 Å². The van der Waals surface area contributed by atoms with Crippen molar-refractivity contribution in [3.63, 3.8) is 0 Å². The van der Waals surface area contributed by atoms with E-state index in [0.717, 1.165) is 17.7 Å². The van der Waals surface area contributed by atoms with Gasteiger partial charge in [0.15, 0.2) is 0 Å². The van der Waals surface area contributed by atoms with Crippen LogP contribution in [0, 0.1) is 29.6 Å². The fraction of sp³-hybridized carbons (Fsp3) is 0.318. The summed E-state index contributed by atoms with van der Waals surface area (Å²) in [5, 5.41) is 5.02. The Labute approximate surface area is 166 Å². The standard InChI is InChI=1S/C22H17ClN2O3/c23-12-8-6-11(7-9-12)19-18-14-10-15(20(18)28-24-19)17-16(14)21(26)25(22(17)27)13-4-2-1-3-5-13/h1-9,14-18,20H,10H2/t14-,15-,16+,17-,18-,20-/m1/s1. The average molecular weight is 393 g/mol. The van der Waals surface area contributed by atoms with Crippen molar-refractivity contribution < 1.29 is 14.4 Å². The van der Waals surface area contributed by atoms with Gasteiger partial charge in [-0.2, -0.15) is 0 Å². The molecule has 28 heavy (non-hydrogen) atoms. The van der Waals surface area contributed by atoms with E-state index in [4.69, 9.17) is 16.4 Å². The Morgan fingerprint density at radius 2 is 1.57 bits per heavy atom. The third kappa shape index (κ3) is 2.00. The van der Waals surface area contributed by atoms with Gasteiger partial charge < -0.3 is 4.84 Å². The van der Waals surface area contributed by atoms with Gasteiger partial charge in [-0.25, -0.2) is 0 Å². The summed E-state index contributed by atoms with van der Waals surface area (Å²) in [5.41, 5.74) is 2.51. The lowest BCUT2D eigenvalue weighted by Gasteiger charge is -2.29. The summed E-state index contributed by atoms with van der Waals surface area (Å²) in [6, 6.07) is 16.8. The van der Waals surface area contributed by atoms with Crippen LogP contribution < -0.4 is 4.90 Å². The Morgan fingerprint density at radius 3 is 2.29 bits per heavy atom. The molecule has 0 N–H and O–H groups in total. The molecule has 0 unspecified atom stereocenters. The molecule has 2 heterocycles. The zero-order valence-electron chi connectivity index (χ0n) is 14.9. The predicted octanol–water partition coefficient (Wildman–Crippen LogP) is 3.51. The number of para-hydroxylation sites is 1. The monoisotopic (exact) mass is 392 g/mol. The second kappa shape index (κ2) is 5.67. The Morgan fingerprint density at radius 1 is 0.893 bits per heavy atom. The molecule has 2 saturated carbocycles. The van der Waals surface area contributed by atoms with Gasteiger partial charge in [0.1, 0.15) is 6.10 Å². The van der Waals surface area contributed by atoms with Crippen LogP contribution in [0.1, 0.15) is 12.0 Å². The third-order valence-corrected chi connectivity index (χ3v) is 7.10. The van der Waals surface area contributed by atoms with Crippen LogP contribution in [-0.2, 0) is 14.4 Å². The molecular weight excluding hydrogens is 376 g/mol. The normalized spacial score (nSPS) is 35.0. The summed E-state index contributed by atoms with van der Waals surface area (Å²) in [4.78, 5) is 33.6. The Balaban J connectivity index is 1.36. The summed E-state index contributed by atoms with van der Waals surface area (Å²) < 4.78 is 0. The summed E-state index contributed by atoms with van der Waals surface area (Å²) >= 11 is 6.02. The number of halogens is 1. The van der Waals surface area contributed by atoms with Gasteiger partial charge in [0.05, 0.1) is 23.2 Å². The first-order valence-corrected chi connectivity index (χ1v) is 9.95. The number of carbonyl (C=O) groups excluding carboxylic acids is 2. The predicted molar refractivity (Wildman–Crippen MR) is 104 cm³/mol. The Hall–Kier alpha value is -2.66. The lowest BCUT2D eigenvalue weighted by molar-refractivity contribution is -0.125. The molecule has 5 nitrogen and oxygen atoms in total. The zero-order valence-corrected chi connectivity index (χ0v) is 15.6. The van der Waals surface area contributed by atoms with E-state index in [1.807, 2.05) is 54.6 Å². The number of rotatable bonds is 2. The first-order chi connectivity index (χ1) is 13.6. The van der Waals surface area contributed by atoms with Crippen LogP contribution in [0.25, 0.3) is 0 Å². The van der Waals surface area contributed by atoms with Crippen molar-refractivity contribution in [3.05, 3.63) is 65.2 Å². The van der Waals surface area contributed by atoms with Gasteiger partial charge in [0.25, 0.3) is 0 Å². The van der Waals surface area contributed by atoms with Crippen molar-refractivity contribution in [1.82, 2.24) is 0 Å². The van der Waals surface area contributed by atoms with Gasteiger partial charge in [0, 0.05) is 16.9 Å². The largest absolute Gasteiger partial charge is 0.391 e. The third-order valence-electron chi connectivity index (χ3n) is 6.84. The lowest BCUT2D eigenvalue weighted by Crippen LogP contribution is -2.41. The molecule has 6 rings (SSSR count). The number of anilines is 1. The highest BCUT2D eigenvalue weighted by Gasteiger charge is 2.70. The Bertz CT molecular complexity index is 1020. The maximum atomic E-state index is 13.3. The molecule has 0 aromatic heterocycles. The fourth-order valence-corrected chi connectivity index (χ4v) is 5.94. The van der Waals surface area contributed by atoms with Crippen LogP contribution in [0.15, 0.2) is 59.8 Å². The number of nitrogens with zero attached hydrogens (tertiary/aromatic N) is 2. The van der Waals surface area contributed by atoms with Crippen molar-refractivity contribution in [2.24, 2.45) is 34.7 Å². The van der Waals surface area contributed by atoms with E-state index >= 15 is 0 Å². The van der Waals surface area contributed by atoms with E-state index in [0.29, 0.717) is 10.7 Å².